The molecule has 0 nitrogen and oxygen atoms in total. The maximum absolute atomic E-state index is 5.37. The molecular formula is C21H32S. The van der Waals surface area contributed by atoms with Crippen LogP contribution in [0.5, 0.6) is 0 Å². The van der Waals surface area contributed by atoms with Crippen LogP contribution in [0.4, 0.5) is 0 Å². The number of unbranched alkanes of at least 4 members (excludes halogenated alkanes) is 8. The molecular weight excluding hydrogens is 284 g/mol. The van der Waals surface area contributed by atoms with Gasteiger partial charge in [-0.1, -0.05) is 69.9 Å². The normalized spacial score (nSPS) is 10.5. The average molecular weight is 317 g/mol. The van der Waals surface area contributed by atoms with Crippen molar-refractivity contribution in [2.45, 2.75) is 71.1 Å². The Hall–Kier alpha value is -0.870. The first-order valence-corrected chi connectivity index (χ1v) is 10.2. The average Bonchev–Trinajstić information content (AvgIpc) is 2.56. The molecule has 0 fully saturated rings. The van der Waals surface area contributed by atoms with Crippen LogP contribution < -0.4 is 0 Å². The smallest absolute Gasteiger partial charge is 0.0242 e. The molecule has 22 heavy (non-hydrogen) atoms. The highest BCUT2D eigenvalue weighted by molar-refractivity contribution is 7.99. The molecule has 0 heterocycles. The van der Waals surface area contributed by atoms with Crippen LogP contribution in [0.2, 0.25) is 0 Å². The van der Waals surface area contributed by atoms with Crippen molar-refractivity contribution in [3.05, 3.63) is 35.4 Å². The van der Waals surface area contributed by atoms with Gasteiger partial charge >= 0.3 is 0 Å². The Morgan fingerprint density at radius 3 is 1.91 bits per heavy atom. The molecule has 0 radical (unpaired) electrons. The molecule has 122 valence electrons. The van der Waals surface area contributed by atoms with Gasteiger partial charge in [-0.3, -0.25) is 0 Å². The van der Waals surface area contributed by atoms with Gasteiger partial charge < -0.3 is 0 Å². The first-order valence-electron chi connectivity index (χ1n) is 9.00. The van der Waals surface area contributed by atoms with Crippen LogP contribution >= 0.6 is 11.8 Å². The number of hydrogen-bond acceptors (Lipinski definition) is 1. The minimum atomic E-state index is 0.983. The Morgan fingerprint density at radius 2 is 1.36 bits per heavy atom. The fourth-order valence-electron chi connectivity index (χ4n) is 2.68. The molecule has 0 unspecified atom stereocenters. The monoisotopic (exact) mass is 316 g/mol. The Bertz CT molecular complexity index is 399. The maximum atomic E-state index is 5.37. The van der Waals surface area contributed by atoms with Gasteiger partial charge in [0.05, 0.1) is 0 Å². The van der Waals surface area contributed by atoms with Crippen molar-refractivity contribution in [2.75, 3.05) is 11.5 Å². The third-order valence-electron chi connectivity index (χ3n) is 4.08. The summed E-state index contributed by atoms with van der Waals surface area (Å²) in [6.07, 6.45) is 19.2. The molecule has 1 aromatic rings. The number of thioether (sulfide) groups is 1. The van der Waals surface area contributed by atoms with E-state index in [9.17, 15) is 0 Å². The van der Waals surface area contributed by atoms with Gasteiger partial charge in [-0.25, -0.2) is 0 Å². The second-order valence-corrected chi connectivity index (χ2v) is 7.36. The van der Waals surface area contributed by atoms with E-state index in [1.54, 1.807) is 0 Å². The van der Waals surface area contributed by atoms with E-state index in [1.165, 1.54) is 81.3 Å². The van der Waals surface area contributed by atoms with Gasteiger partial charge in [-0.15, -0.1) is 6.42 Å². The molecule has 0 bridgehead atoms. The van der Waals surface area contributed by atoms with Gasteiger partial charge in [0.15, 0.2) is 0 Å². The number of benzene rings is 1. The zero-order valence-corrected chi connectivity index (χ0v) is 15.1. The van der Waals surface area contributed by atoms with Gasteiger partial charge in [0, 0.05) is 5.56 Å². The number of aryl methyl sites for hydroxylation is 1. The summed E-state index contributed by atoms with van der Waals surface area (Å²) in [6, 6.07) is 8.45. The molecule has 1 heteroatoms. The van der Waals surface area contributed by atoms with E-state index in [-0.39, 0.29) is 0 Å². The highest BCUT2D eigenvalue weighted by atomic mass is 32.2. The fourth-order valence-corrected chi connectivity index (χ4v) is 3.38. The van der Waals surface area contributed by atoms with Gasteiger partial charge in [0.2, 0.25) is 0 Å². The van der Waals surface area contributed by atoms with Crippen LogP contribution in [0.1, 0.15) is 75.8 Å². The van der Waals surface area contributed by atoms with Gasteiger partial charge in [0.1, 0.15) is 0 Å². The van der Waals surface area contributed by atoms with Crippen LogP contribution in [0.3, 0.4) is 0 Å². The summed E-state index contributed by atoms with van der Waals surface area (Å²) in [5.74, 6) is 5.30. The molecule has 0 saturated carbocycles. The summed E-state index contributed by atoms with van der Waals surface area (Å²) < 4.78 is 0. The molecule has 0 N–H and O–H groups in total. The third-order valence-corrected chi connectivity index (χ3v) is 5.06. The van der Waals surface area contributed by atoms with Gasteiger partial charge in [-0.2, -0.15) is 11.8 Å². The predicted octanol–water partition coefficient (Wildman–Crippen LogP) is 6.47. The summed E-state index contributed by atoms with van der Waals surface area (Å²) in [5, 5.41) is 0. The molecule has 0 aliphatic rings. The SMILES string of the molecule is C#Cc1ccc(CCCCCCCCCCCSCC)cc1. The Balaban J connectivity index is 1.86. The molecule has 0 aliphatic heterocycles. The van der Waals surface area contributed by atoms with Crippen LogP contribution in [0.15, 0.2) is 24.3 Å². The number of hydrogen-bond donors (Lipinski definition) is 0. The lowest BCUT2D eigenvalue weighted by molar-refractivity contribution is 0.565. The molecule has 0 amide bonds. The van der Waals surface area contributed by atoms with Crippen molar-refractivity contribution in [3.8, 4) is 12.3 Å². The van der Waals surface area contributed by atoms with Crippen molar-refractivity contribution in [1.82, 2.24) is 0 Å². The lowest BCUT2D eigenvalue weighted by Crippen LogP contribution is -1.87. The summed E-state index contributed by atoms with van der Waals surface area (Å²) in [7, 11) is 0. The van der Waals surface area contributed by atoms with Crippen LogP contribution in [0, 0.1) is 12.3 Å². The number of terminal acetylenes is 1. The predicted molar refractivity (Wildman–Crippen MR) is 103 cm³/mol. The second kappa shape index (κ2) is 13.8. The molecule has 1 aromatic carbocycles. The Labute approximate surface area is 142 Å². The summed E-state index contributed by atoms with van der Waals surface area (Å²) in [4.78, 5) is 0. The third kappa shape index (κ3) is 9.96. The topological polar surface area (TPSA) is 0 Å². The minimum Gasteiger partial charge on any atom is -0.162 e. The van der Waals surface area contributed by atoms with Crippen molar-refractivity contribution in [2.24, 2.45) is 0 Å². The Morgan fingerprint density at radius 1 is 0.818 bits per heavy atom. The van der Waals surface area contributed by atoms with Crippen molar-refractivity contribution in [3.63, 3.8) is 0 Å². The molecule has 0 spiro atoms. The molecule has 1 rings (SSSR count). The number of rotatable bonds is 13. The largest absolute Gasteiger partial charge is 0.162 e. The van der Waals surface area contributed by atoms with E-state index >= 15 is 0 Å². The maximum Gasteiger partial charge on any atom is 0.0242 e. The van der Waals surface area contributed by atoms with E-state index in [0.717, 1.165) is 5.56 Å². The van der Waals surface area contributed by atoms with Crippen LogP contribution in [-0.2, 0) is 6.42 Å². The van der Waals surface area contributed by atoms with Gasteiger partial charge in [0.25, 0.3) is 0 Å². The fraction of sp³-hybridized carbons (Fsp3) is 0.619. The minimum absolute atomic E-state index is 0.983. The zero-order valence-electron chi connectivity index (χ0n) is 14.3. The first kappa shape index (κ1) is 19.2. The molecule has 0 aromatic heterocycles. The first-order chi connectivity index (χ1) is 10.9. The highest BCUT2D eigenvalue weighted by Crippen LogP contribution is 2.13. The van der Waals surface area contributed by atoms with Gasteiger partial charge in [-0.05, 0) is 48.5 Å². The highest BCUT2D eigenvalue weighted by Gasteiger charge is 1.96. The molecule has 0 saturated heterocycles. The Kier molecular flexibility index (Phi) is 12.0. The lowest BCUT2D eigenvalue weighted by Gasteiger charge is -2.03. The van der Waals surface area contributed by atoms with Crippen molar-refractivity contribution < 1.29 is 0 Å². The quantitative estimate of drug-likeness (QED) is 0.297. The van der Waals surface area contributed by atoms with Crippen molar-refractivity contribution in [1.29, 1.82) is 0 Å². The summed E-state index contributed by atoms with van der Waals surface area (Å²) >= 11 is 2.08. The summed E-state index contributed by atoms with van der Waals surface area (Å²) in [5.41, 5.74) is 2.40. The zero-order chi connectivity index (χ0) is 15.9. The van der Waals surface area contributed by atoms with E-state index in [1.807, 2.05) is 12.1 Å². The van der Waals surface area contributed by atoms with Crippen molar-refractivity contribution >= 4 is 11.8 Å². The second-order valence-electron chi connectivity index (χ2n) is 5.97. The van der Waals surface area contributed by atoms with E-state index in [2.05, 4.69) is 36.7 Å². The summed E-state index contributed by atoms with van der Waals surface area (Å²) in [6.45, 7) is 2.25. The van der Waals surface area contributed by atoms with E-state index in [4.69, 9.17) is 6.42 Å². The molecule has 0 aliphatic carbocycles. The van der Waals surface area contributed by atoms with E-state index < -0.39 is 0 Å². The van der Waals surface area contributed by atoms with Crippen LogP contribution in [0.25, 0.3) is 0 Å². The van der Waals surface area contributed by atoms with E-state index in [0.29, 0.717) is 0 Å². The lowest BCUT2D eigenvalue weighted by atomic mass is 10.0. The standard InChI is InChI=1S/C21H32S/c1-3-20-15-17-21(18-16-20)14-12-10-8-6-5-7-9-11-13-19-22-4-2/h1,15-18H,4-14,19H2,2H3. The van der Waals surface area contributed by atoms with Crippen LogP contribution in [-0.4, -0.2) is 11.5 Å². The molecule has 0 atom stereocenters.